The van der Waals surface area contributed by atoms with Crippen LogP contribution < -0.4 is 10.2 Å². The Hall–Kier alpha value is -3.17. The summed E-state index contributed by atoms with van der Waals surface area (Å²) in [4.78, 5) is 30.2. The van der Waals surface area contributed by atoms with Gasteiger partial charge in [0, 0.05) is 17.1 Å². The van der Waals surface area contributed by atoms with E-state index in [-0.39, 0.29) is 23.3 Å². The Kier molecular flexibility index (Phi) is 6.57. The van der Waals surface area contributed by atoms with Crippen molar-refractivity contribution < 1.29 is 18.4 Å². The Balaban J connectivity index is 1.54. The van der Waals surface area contributed by atoms with E-state index in [4.69, 9.17) is 12.2 Å². The van der Waals surface area contributed by atoms with Crippen molar-refractivity contribution in [2.24, 2.45) is 0 Å². The zero-order chi connectivity index (χ0) is 22.7. The average molecular weight is 472 g/mol. The van der Waals surface area contributed by atoms with E-state index < -0.39 is 17.7 Å². The van der Waals surface area contributed by atoms with Crippen molar-refractivity contribution >= 4 is 51.9 Å². The molecule has 2 heterocycles. The van der Waals surface area contributed by atoms with Crippen LogP contribution in [0.25, 0.3) is 0 Å². The van der Waals surface area contributed by atoms with Gasteiger partial charge in [-0.15, -0.1) is 11.3 Å². The van der Waals surface area contributed by atoms with Crippen molar-refractivity contribution in [1.82, 2.24) is 4.90 Å². The monoisotopic (exact) mass is 471 g/mol. The third-order valence-electron chi connectivity index (χ3n) is 5.09. The Morgan fingerprint density at radius 2 is 1.69 bits per heavy atom. The highest BCUT2D eigenvalue weighted by Crippen LogP contribution is 2.28. The Morgan fingerprint density at radius 1 is 1.03 bits per heavy atom. The van der Waals surface area contributed by atoms with Gasteiger partial charge < -0.3 is 10.2 Å². The summed E-state index contributed by atoms with van der Waals surface area (Å²) in [5.41, 5.74) is 0.883. The molecule has 1 unspecified atom stereocenters. The molecule has 32 heavy (non-hydrogen) atoms. The second-order valence-electron chi connectivity index (χ2n) is 7.23. The van der Waals surface area contributed by atoms with Gasteiger partial charge in [0.05, 0.1) is 12.1 Å². The van der Waals surface area contributed by atoms with Crippen LogP contribution in [0.4, 0.5) is 20.2 Å². The second-order valence-corrected chi connectivity index (χ2v) is 8.63. The number of thiophene rings is 1. The van der Waals surface area contributed by atoms with Crippen LogP contribution in [-0.4, -0.2) is 34.4 Å². The third-order valence-corrected chi connectivity index (χ3v) is 6.44. The first kappa shape index (κ1) is 22.0. The molecule has 0 aliphatic carbocycles. The largest absolute Gasteiger partial charge is 0.336 e. The summed E-state index contributed by atoms with van der Waals surface area (Å²) >= 11 is 7.19. The standard InChI is InChI=1S/C23H19F2N3O2S2/c24-15-3-7-17(8-4-15)26-21(29)14-20-22(30)28(18-9-5-16(25)6-10-18)23(31)27(20)12-11-19-2-1-13-32-19/h1-10,13,20H,11-12,14H2,(H,26,29). The van der Waals surface area contributed by atoms with Crippen LogP contribution in [0.2, 0.25) is 0 Å². The maximum absolute atomic E-state index is 13.4. The van der Waals surface area contributed by atoms with Gasteiger partial charge in [-0.05, 0) is 78.6 Å². The number of benzene rings is 2. The Bertz CT molecular complexity index is 1120. The minimum atomic E-state index is -0.798. The van der Waals surface area contributed by atoms with Gasteiger partial charge in [-0.3, -0.25) is 14.5 Å². The normalized spacial score (nSPS) is 16.0. The number of hydrogen-bond acceptors (Lipinski definition) is 4. The number of nitrogens with zero attached hydrogens (tertiary/aromatic N) is 2. The molecule has 2 aromatic carbocycles. The van der Waals surface area contributed by atoms with E-state index in [9.17, 15) is 18.4 Å². The SMILES string of the molecule is O=C(CC1C(=O)N(c2ccc(F)cc2)C(=S)N1CCc1cccs1)Nc1ccc(F)cc1. The summed E-state index contributed by atoms with van der Waals surface area (Å²) in [6.45, 7) is 0.456. The molecule has 0 spiro atoms. The molecule has 2 amide bonds. The Morgan fingerprint density at radius 3 is 2.31 bits per heavy atom. The van der Waals surface area contributed by atoms with Gasteiger partial charge in [0.15, 0.2) is 5.11 Å². The molecule has 1 aliphatic rings. The van der Waals surface area contributed by atoms with Crippen molar-refractivity contribution in [2.45, 2.75) is 18.9 Å². The molecule has 9 heteroatoms. The molecule has 1 aromatic heterocycles. The molecule has 0 saturated carbocycles. The zero-order valence-electron chi connectivity index (χ0n) is 16.8. The lowest BCUT2D eigenvalue weighted by atomic mass is 10.1. The fourth-order valence-corrected chi connectivity index (χ4v) is 4.63. The number of anilines is 2. The van der Waals surface area contributed by atoms with Crippen molar-refractivity contribution in [3.05, 3.63) is 82.6 Å². The average Bonchev–Trinajstić information content (AvgIpc) is 3.36. The van der Waals surface area contributed by atoms with E-state index in [1.165, 1.54) is 53.4 Å². The summed E-state index contributed by atoms with van der Waals surface area (Å²) in [5.74, 6) is -1.56. The lowest BCUT2D eigenvalue weighted by molar-refractivity contribution is -0.124. The van der Waals surface area contributed by atoms with Crippen LogP contribution in [0.5, 0.6) is 0 Å². The van der Waals surface area contributed by atoms with Crippen molar-refractivity contribution in [1.29, 1.82) is 0 Å². The highest BCUT2D eigenvalue weighted by atomic mass is 32.1. The maximum atomic E-state index is 13.4. The molecule has 0 radical (unpaired) electrons. The molecule has 0 bridgehead atoms. The molecule has 4 rings (SSSR count). The van der Waals surface area contributed by atoms with Gasteiger partial charge in [0.1, 0.15) is 17.7 Å². The predicted octanol–water partition coefficient (Wildman–Crippen LogP) is 4.60. The second kappa shape index (κ2) is 9.54. The lowest BCUT2D eigenvalue weighted by Gasteiger charge is -2.23. The van der Waals surface area contributed by atoms with Crippen LogP contribution in [0, 0.1) is 11.6 Å². The van der Waals surface area contributed by atoms with Gasteiger partial charge in [-0.2, -0.15) is 0 Å². The number of rotatable bonds is 7. The van der Waals surface area contributed by atoms with Crippen molar-refractivity contribution in [2.75, 3.05) is 16.8 Å². The van der Waals surface area contributed by atoms with Crippen LogP contribution in [0.15, 0.2) is 66.0 Å². The van der Waals surface area contributed by atoms with Gasteiger partial charge in [-0.1, -0.05) is 6.07 Å². The van der Waals surface area contributed by atoms with E-state index in [1.54, 1.807) is 16.2 Å². The summed E-state index contributed by atoms with van der Waals surface area (Å²) in [7, 11) is 0. The van der Waals surface area contributed by atoms with E-state index in [1.807, 2.05) is 17.5 Å². The van der Waals surface area contributed by atoms with Crippen LogP contribution in [0.3, 0.4) is 0 Å². The summed E-state index contributed by atoms with van der Waals surface area (Å²) in [5, 5.41) is 4.94. The van der Waals surface area contributed by atoms with Gasteiger partial charge >= 0.3 is 0 Å². The molecule has 1 fully saturated rings. The van der Waals surface area contributed by atoms with E-state index in [0.29, 0.717) is 24.3 Å². The number of hydrogen-bond donors (Lipinski definition) is 1. The first-order chi connectivity index (χ1) is 15.4. The number of halogens is 2. The van der Waals surface area contributed by atoms with E-state index in [2.05, 4.69) is 5.32 Å². The molecule has 164 valence electrons. The fraction of sp³-hybridized carbons (Fsp3) is 0.174. The number of amides is 2. The minimum absolute atomic E-state index is 0.127. The quantitative estimate of drug-likeness (QED) is 0.512. The zero-order valence-corrected chi connectivity index (χ0v) is 18.5. The molecule has 1 saturated heterocycles. The first-order valence-corrected chi connectivity index (χ1v) is 11.2. The van der Waals surface area contributed by atoms with E-state index in [0.717, 1.165) is 4.88 Å². The third kappa shape index (κ3) is 4.84. The maximum Gasteiger partial charge on any atom is 0.256 e. The predicted molar refractivity (Wildman–Crippen MR) is 125 cm³/mol. The highest BCUT2D eigenvalue weighted by molar-refractivity contribution is 7.80. The Labute approximate surface area is 193 Å². The van der Waals surface area contributed by atoms with Gasteiger partial charge in [-0.25, -0.2) is 8.78 Å². The number of nitrogens with one attached hydrogen (secondary N) is 1. The first-order valence-electron chi connectivity index (χ1n) is 9.90. The van der Waals surface area contributed by atoms with Crippen LogP contribution in [-0.2, 0) is 16.0 Å². The van der Waals surface area contributed by atoms with Gasteiger partial charge in [0.25, 0.3) is 5.91 Å². The number of thiocarbonyl (C=S) groups is 1. The van der Waals surface area contributed by atoms with Crippen LogP contribution >= 0.6 is 23.6 Å². The summed E-state index contributed by atoms with van der Waals surface area (Å²) < 4.78 is 26.5. The van der Waals surface area contributed by atoms with Crippen molar-refractivity contribution in [3.8, 4) is 0 Å². The molecule has 1 N–H and O–H groups in total. The number of carbonyl (C=O) groups is 2. The number of carbonyl (C=O) groups excluding carboxylic acids is 2. The van der Waals surface area contributed by atoms with Gasteiger partial charge in [0.2, 0.25) is 5.91 Å². The molecule has 3 aromatic rings. The lowest BCUT2D eigenvalue weighted by Crippen LogP contribution is -2.39. The molecule has 1 aliphatic heterocycles. The summed E-state index contributed by atoms with van der Waals surface area (Å²) in [6, 6.07) is 14.0. The molecule has 5 nitrogen and oxygen atoms in total. The fourth-order valence-electron chi connectivity index (χ4n) is 3.52. The minimum Gasteiger partial charge on any atom is -0.336 e. The topological polar surface area (TPSA) is 52.7 Å². The molecular weight excluding hydrogens is 452 g/mol. The molecular formula is C23H19F2N3O2S2. The summed E-state index contributed by atoms with van der Waals surface area (Å²) in [6.07, 6.45) is 0.539. The van der Waals surface area contributed by atoms with E-state index >= 15 is 0 Å². The highest BCUT2D eigenvalue weighted by Gasteiger charge is 2.43. The van der Waals surface area contributed by atoms with Crippen LogP contribution in [0.1, 0.15) is 11.3 Å². The smallest absolute Gasteiger partial charge is 0.256 e. The van der Waals surface area contributed by atoms with Crippen molar-refractivity contribution in [3.63, 3.8) is 0 Å². The molecule has 1 atom stereocenters.